The Bertz CT molecular complexity index is 954. The SMILES string of the molecule is O=C(c1cc2c(F)c(F)ccc2[nH]1)N1CCC(N2C(=O)O[C@H]3CNC[C@H]32)CC1. The Morgan fingerprint density at radius 1 is 1.18 bits per heavy atom. The second-order valence-corrected chi connectivity index (χ2v) is 7.58. The van der Waals surface area contributed by atoms with Crippen LogP contribution < -0.4 is 5.32 Å². The molecule has 5 rings (SSSR count). The third-order valence-corrected chi connectivity index (χ3v) is 6.01. The Kier molecular flexibility index (Phi) is 4.01. The number of piperidine rings is 1. The van der Waals surface area contributed by atoms with Gasteiger partial charge in [0.1, 0.15) is 11.8 Å². The second-order valence-electron chi connectivity index (χ2n) is 7.58. The van der Waals surface area contributed by atoms with Crippen LogP contribution in [0.2, 0.25) is 0 Å². The van der Waals surface area contributed by atoms with Crippen molar-refractivity contribution in [2.45, 2.75) is 31.0 Å². The molecular formula is C19H20F2N4O3. The number of H-pyrrole nitrogens is 1. The first-order valence-electron chi connectivity index (χ1n) is 9.48. The predicted octanol–water partition coefficient (Wildman–Crippen LogP) is 1.84. The van der Waals surface area contributed by atoms with E-state index in [1.165, 1.54) is 12.1 Å². The molecule has 0 aliphatic carbocycles. The molecule has 9 heteroatoms. The Morgan fingerprint density at radius 2 is 1.96 bits per heavy atom. The Balaban J connectivity index is 1.28. The number of hydrogen-bond acceptors (Lipinski definition) is 4. The van der Waals surface area contributed by atoms with E-state index in [2.05, 4.69) is 10.3 Å². The van der Waals surface area contributed by atoms with Gasteiger partial charge in [-0.25, -0.2) is 13.6 Å². The molecule has 0 unspecified atom stereocenters. The fourth-order valence-corrected chi connectivity index (χ4v) is 4.56. The normalized spacial score (nSPS) is 25.4. The molecule has 3 fully saturated rings. The molecule has 4 heterocycles. The molecule has 1 aromatic heterocycles. The van der Waals surface area contributed by atoms with Crippen LogP contribution in [0.15, 0.2) is 18.2 Å². The van der Waals surface area contributed by atoms with Crippen molar-refractivity contribution in [1.82, 2.24) is 20.1 Å². The maximum Gasteiger partial charge on any atom is 0.410 e. The number of carbonyl (C=O) groups excluding carboxylic acids is 2. The number of benzene rings is 1. The predicted molar refractivity (Wildman–Crippen MR) is 95.9 cm³/mol. The van der Waals surface area contributed by atoms with E-state index >= 15 is 0 Å². The van der Waals surface area contributed by atoms with E-state index in [1.54, 1.807) is 4.90 Å². The van der Waals surface area contributed by atoms with E-state index in [4.69, 9.17) is 4.74 Å². The smallest absolute Gasteiger partial charge is 0.410 e. The van der Waals surface area contributed by atoms with Gasteiger partial charge in [0.05, 0.1) is 6.04 Å². The minimum Gasteiger partial charge on any atom is -0.442 e. The summed E-state index contributed by atoms with van der Waals surface area (Å²) < 4.78 is 32.7. The second kappa shape index (κ2) is 6.44. The zero-order valence-electron chi connectivity index (χ0n) is 15.1. The first kappa shape index (κ1) is 17.4. The van der Waals surface area contributed by atoms with Crippen LogP contribution in [0.4, 0.5) is 13.6 Å². The van der Waals surface area contributed by atoms with Crippen LogP contribution in [-0.2, 0) is 4.74 Å². The Hall–Kier alpha value is -2.68. The quantitative estimate of drug-likeness (QED) is 0.821. The molecule has 0 bridgehead atoms. The lowest BCUT2D eigenvalue weighted by Crippen LogP contribution is -2.51. The van der Waals surface area contributed by atoms with Crippen molar-refractivity contribution in [1.29, 1.82) is 0 Å². The third-order valence-electron chi connectivity index (χ3n) is 6.01. The maximum absolute atomic E-state index is 13.9. The van der Waals surface area contributed by atoms with E-state index in [1.807, 2.05) is 4.90 Å². The molecule has 0 spiro atoms. The Labute approximate surface area is 159 Å². The summed E-state index contributed by atoms with van der Waals surface area (Å²) in [6, 6.07) is 3.91. The van der Waals surface area contributed by atoms with Gasteiger partial charge in [0.15, 0.2) is 11.6 Å². The fraction of sp³-hybridized carbons (Fsp3) is 0.474. The van der Waals surface area contributed by atoms with Gasteiger partial charge in [-0.3, -0.25) is 9.69 Å². The van der Waals surface area contributed by atoms with Crippen molar-refractivity contribution < 1.29 is 23.1 Å². The largest absolute Gasteiger partial charge is 0.442 e. The topological polar surface area (TPSA) is 77.7 Å². The lowest BCUT2D eigenvalue weighted by Gasteiger charge is -2.37. The van der Waals surface area contributed by atoms with Gasteiger partial charge in [-0.05, 0) is 31.0 Å². The lowest BCUT2D eigenvalue weighted by molar-refractivity contribution is 0.0633. The van der Waals surface area contributed by atoms with Crippen molar-refractivity contribution in [2.24, 2.45) is 0 Å². The average molecular weight is 390 g/mol. The van der Waals surface area contributed by atoms with Gasteiger partial charge in [-0.15, -0.1) is 0 Å². The van der Waals surface area contributed by atoms with Crippen LogP contribution in [-0.4, -0.2) is 71.2 Å². The van der Waals surface area contributed by atoms with Gasteiger partial charge >= 0.3 is 6.09 Å². The summed E-state index contributed by atoms with van der Waals surface area (Å²) in [5.41, 5.74) is 0.621. The summed E-state index contributed by atoms with van der Waals surface area (Å²) in [5.74, 6) is -2.15. The summed E-state index contributed by atoms with van der Waals surface area (Å²) in [6.07, 6.45) is 0.962. The highest BCUT2D eigenvalue weighted by Gasteiger charge is 2.48. The van der Waals surface area contributed by atoms with E-state index in [-0.39, 0.29) is 41.3 Å². The number of aromatic nitrogens is 1. The number of ether oxygens (including phenoxy) is 1. The summed E-state index contributed by atoms with van der Waals surface area (Å²) in [5, 5.41) is 3.31. The summed E-state index contributed by atoms with van der Waals surface area (Å²) in [4.78, 5) is 31.4. The Morgan fingerprint density at radius 3 is 2.75 bits per heavy atom. The minimum atomic E-state index is -0.959. The molecule has 3 saturated heterocycles. The van der Waals surface area contributed by atoms with E-state index in [0.717, 1.165) is 12.6 Å². The van der Waals surface area contributed by atoms with E-state index in [0.29, 0.717) is 38.0 Å². The van der Waals surface area contributed by atoms with Crippen LogP contribution in [0, 0.1) is 11.6 Å². The molecule has 0 radical (unpaired) electrons. The number of halogens is 2. The van der Waals surface area contributed by atoms with Gasteiger partial charge in [0.2, 0.25) is 0 Å². The number of nitrogens with zero attached hydrogens (tertiary/aromatic N) is 2. The number of amides is 2. The van der Waals surface area contributed by atoms with Gasteiger partial charge in [-0.1, -0.05) is 0 Å². The molecule has 2 atom stereocenters. The summed E-state index contributed by atoms with van der Waals surface area (Å²) >= 11 is 0. The van der Waals surface area contributed by atoms with Crippen molar-refractivity contribution in [3.63, 3.8) is 0 Å². The molecule has 7 nitrogen and oxygen atoms in total. The number of aromatic amines is 1. The average Bonchev–Trinajstić information content (AvgIpc) is 3.39. The summed E-state index contributed by atoms with van der Waals surface area (Å²) in [6.45, 7) is 2.39. The number of carbonyl (C=O) groups is 2. The number of hydrogen-bond donors (Lipinski definition) is 2. The van der Waals surface area contributed by atoms with Crippen LogP contribution >= 0.6 is 0 Å². The maximum atomic E-state index is 13.9. The highest BCUT2D eigenvalue weighted by Crippen LogP contribution is 2.30. The molecule has 28 heavy (non-hydrogen) atoms. The first-order valence-corrected chi connectivity index (χ1v) is 9.48. The minimum absolute atomic E-state index is 0.0423. The fourth-order valence-electron chi connectivity index (χ4n) is 4.56. The highest BCUT2D eigenvalue weighted by molar-refractivity contribution is 5.98. The van der Waals surface area contributed by atoms with Gasteiger partial charge in [0, 0.05) is 43.1 Å². The van der Waals surface area contributed by atoms with Crippen molar-refractivity contribution in [3.05, 3.63) is 35.5 Å². The number of nitrogens with one attached hydrogen (secondary N) is 2. The number of fused-ring (bicyclic) bond motifs is 2. The van der Waals surface area contributed by atoms with E-state index < -0.39 is 11.6 Å². The zero-order chi connectivity index (χ0) is 19.4. The van der Waals surface area contributed by atoms with Crippen molar-refractivity contribution in [3.8, 4) is 0 Å². The van der Waals surface area contributed by atoms with Crippen LogP contribution in [0.3, 0.4) is 0 Å². The lowest BCUT2D eigenvalue weighted by atomic mass is 10.0. The van der Waals surface area contributed by atoms with Crippen LogP contribution in [0.5, 0.6) is 0 Å². The molecule has 3 aliphatic rings. The first-order chi connectivity index (χ1) is 13.5. The molecule has 2 N–H and O–H groups in total. The van der Waals surface area contributed by atoms with Gasteiger partial charge in [-0.2, -0.15) is 0 Å². The highest BCUT2D eigenvalue weighted by atomic mass is 19.2. The molecule has 3 aliphatic heterocycles. The van der Waals surface area contributed by atoms with Gasteiger partial charge in [0.25, 0.3) is 5.91 Å². The molecule has 2 amide bonds. The third kappa shape index (κ3) is 2.64. The number of likely N-dealkylation sites (tertiary alicyclic amines) is 1. The van der Waals surface area contributed by atoms with Crippen molar-refractivity contribution in [2.75, 3.05) is 26.2 Å². The summed E-state index contributed by atoms with van der Waals surface area (Å²) in [7, 11) is 0. The molecule has 148 valence electrons. The van der Waals surface area contributed by atoms with Crippen LogP contribution in [0.25, 0.3) is 10.9 Å². The standard InChI is InChI=1S/C19H20F2N4O3/c20-12-1-2-13-11(17(12)21)7-14(23-13)18(26)24-5-3-10(4-6-24)25-15-8-22-9-16(15)28-19(25)27/h1-2,7,10,15-16,22-23H,3-6,8-9H2/t15-,16+/m1/s1. The van der Waals surface area contributed by atoms with Crippen LogP contribution in [0.1, 0.15) is 23.3 Å². The monoisotopic (exact) mass is 390 g/mol. The molecular weight excluding hydrogens is 370 g/mol. The molecule has 2 aromatic rings. The van der Waals surface area contributed by atoms with Gasteiger partial charge < -0.3 is 19.9 Å². The molecule has 1 aromatic carbocycles. The van der Waals surface area contributed by atoms with Crippen molar-refractivity contribution >= 4 is 22.9 Å². The van der Waals surface area contributed by atoms with E-state index in [9.17, 15) is 18.4 Å². The molecule has 0 saturated carbocycles. The zero-order valence-corrected chi connectivity index (χ0v) is 15.1. The number of rotatable bonds is 2.